The largest absolute Gasteiger partial charge is 0.385 e. The molecule has 14 heavy (non-hydrogen) atoms. The average Bonchev–Trinajstić information content (AvgIpc) is 2.62. The van der Waals surface area contributed by atoms with Gasteiger partial charge >= 0.3 is 0 Å². The highest BCUT2D eigenvalue weighted by molar-refractivity contribution is 7.10. The van der Waals surface area contributed by atoms with E-state index in [2.05, 4.69) is 0 Å². The van der Waals surface area contributed by atoms with Crippen LogP contribution in [0.3, 0.4) is 0 Å². The molecule has 0 radical (unpaired) electrons. The normalized spacial score (nSPS) is 17.8. The molecule has 0 spiro atoms. The number of aliphatic hydroxyl groups is 1. The molecule has 0 aromatic carbocycles. The van der Waals surface area contributed by atoms with Gasteiger partial charge in [-0.25, -0.2) is 0 Å². The van der Waals surface area contributed by atoms with Crippen molar-refractivity contribution in [2.24, 2.45) is 0 Å². The lowest BCUT2D eigenvalue weighted by Crippen LogP contribution is -2.34. The van der Waals surface area contributed by atoms with Crippen LogP contribution in [-0.4, -0.2) is 17.8 Å². The Kier molecular flexibility index (Phi) is 3.70. The van der Waals surface area contributed by atoms with E-state index in [1.165, 1.54) is 0 Å². The Hall–Kier alpha value is -0.380. The van der Waals surface area contributed by atoms with Gasteiger partial charge in [0.2, 0.25) is 0 Å². The Morgan fingerprint density at radius 3 is 2.64 bits per heavy atom. The maximum absolute atomic E-state index is 10.2. The lowest BCUT2D eigenvalue weighted by atomic mass is 9.93. The molecule has 80 valence electrons. The molecule has 1 rings (SSSR count). The van der Waals surface area contributed by atoms with Gasteiger partial charge in [0, 0.05) is 12.0 Å². The molecule has 0 fully saturated rings. The van der Waals surface area contributed by atoms with Crippen LogP contribution in [0.2, 0.25) is 0 Å². The third-order valence-corrected chi connectivity index (χ3v) is 3.97. The van der Waals surface area contributed by atoms with Crippen LogP contribution in [0.15, 0.2) is 11.4 Å². The van der Waals surface area contributed by atoms with Crippen LogP contribution in [0.5, 0.6) is 0 Å². The second-order valence-electron chi connectivity index (χ2n) is 3.74. The molecular weight excluding hydrogens is 196 g/mol. The van der Waals surface area contributed by atoms with E-state index in [0.29, 0.717) is 0 Å². The Labute approximate surface area is 89.5 Å². The number of hydrogen-bond donors (Lipinski definition) is 1. The molecule has 0 bridgehead atoms. The zero-order valence-corrected chi connectivity index (χ0v) is 10.0. The standard InChI is InChI=1S/C11H18O2S/c1-5-11(3,13-4)10(12)9-8(2)6-7-14-9/h6-7,10,12H,5H2,1-4H3. The van der Waals surface area contributed by atoms with E-state index >= 15 is 0 Å². The van der Waals surface area contributed by atoms with Gasteiger partial charge in [-0.05, 0) is 37.3 Å². The van der Waals surface area contributed by atoms with Gasteiger partial charge in [-0.2, -0.15) is 0 Å². The predicted octanol–water partition coefficient (Wildman–Crippen LogP) is 2.91. The molecule has 2 atom stereocenters. The highest BCUT2D eigenvalue weighted by Gasteiger charge is 2.33. The molecule has 0 amide bonds. The van der Waals surface area contributed by atoms with E-state index in [-0.39, 0.29) is 0 Å². The number of thiophene rings is 1. The monoisotopic (exact) mass is 214 g/mol. The number of aliphatic hydroxyl groups excluding tert-OH is 1. The zero-order chi connectivity index (χ0) is 10.8. The van der Waals surface area contributed by atoms with E-state index in [1.54, 1.807) is 18.4 Å². The summed E-state index contributed by atoms with van der Waals surface area (Å²) in [6.07, 6.45) is 0.264. The molecule has 1 aromatic rings. The first-order chi connectivity index (χ1) is 6.55. The first kappa shape index (κ1) is 11.7. The minimum atomic E-state index is -0.530. The second kappa shape index (κ2) is 4.43. The van der Waals surface area contributed by atoms with E-state index in [1.807, 2.05) is 32.2 Å². The fourth-order valence-corrected chi connectivity index (χ4v) is 2.44. The van der Waals surface area contributed by atoms with Crippen molar-refractivity contribution in [1.29, 1.82) is 0 Å². The SMILES string of the molecule is CCC(C)(OC)C(O)c1sccc1C. The molecule has 0 aliphatic heterocycles. The summed E-state index contributed by atoms with van der Waals surface area (Å²) in [5, 5.41) is 12.2. The summed E-state index contributed by atoms with van der Waals surface area (Å²) in [6, 6.07) is 2.02. The van der Waals surface area contributed by atoms with Crippen LogP contribution < -0.4 is 0 Å². The summed E-state index contributed by atoms with van der Waals surface area (Å²) in [7, 11) is 1.65. The molecule has 0 aliphatic carbocycles. The first-order valence-corrected chi connectivity index (χ1v) is 5.70. The lowest BCUT2D eigenvalue weighted by Gasteiger charge is -2.32. The van der Waals surface area contributed by atoms with Gasteiger partial charge in [0.05, 0.1) is 5.60 Å². The topological polar surface area (TPSA) is 29.5 Å². The van der Waals surface area contributed by atoms with E-state index in [9.17, 15) is 5.11 Å². The van der Waals surface area contributed by atoms with Crippen LogP contribution >= 0.6 is 11.3 Å². The van der Waals surface area contributed by atoms with Crippen molar-refractivity contribution < 1.29 is 9.84 Å². The Balaban J connectivity index is 2.94. The summed E-state index contributed by atoms with van der Waals surface area (Å²) >= 11 is 1.59. The lowest BCUT2D eigenvalue weighted by molar-refractivity contribution is -0.0931. The number of aryl methyl sites for hydroxylation is 1. The Bertz CT molecular complexity index is 289. The van der Waals surface area contributed by atoms with E-state index in [0.717, 1.165) is 16.9 Å². The van der Waals surface area contributed by atoms with E-state index in [4.69, 9.17) is 4.74 Å². The summed E-state index contributed by atoms with van der Waals surface area (Å²) in [4.78, 5) is 1.01. The van der Waals surface area contributed by atoms with Gasteiger partial charge in [0.1, 0.15) is 6.10 Å². The molecule has 1 aromatic heterocycles. The quantitative estimate of drug-likeness (QED) is 0.835. The molecule has 0 aliphatic rings. The van der Waals surface area contributed by atoms with E-state index < -0.39 is 11.7 Å². The molecule has 1 heterocycles. The summed E-state index contributed by atoms with van der Waals surface area (Å²) in [5.74, 6) is 0. The van der Waals surface area contributed by atoms with Crippen LogP contribution in [0.4, 0.5) is 0 Å². The number of methoxy groups -OCH3 is 1. The molecule has 0 saturated heterocycles. The average molecular weight is 214 g/mol. The maximum Gasteiger partial charge on any atom is 0.117 e. The molecule has 2 nitrogen and oxygen atoms in total. The minimum absolute atomic E-state index is 0.477. The molecule has 1 N–H and O–H groups in total. The van der Waals surface area contributed by atoms with Crippen molar-refractivity contribution in [2.75, 3.05) is 7.11 Å². The molecular formula is C11H18O2S. The second-order valence-corrected chi connectivity index (χ2v) is 4.69. The summed E-state index contributed by atoms with van der Waals surface area (Å²) in [6.45, 7) is 5.98. The van der Waals surface area contributed by atoms with Gasteiger partial charge in [-0.3, -0.25) is 0 Å². The van der Waals surface area contributed by atoms with Crippen molar-refractivity contribution >= 4 is 11.3 Å². The number of rotatable bonds is 4. The maximum atomic E-state index is 10.2. The van der Waals surface area contributed by atoms with Crippen molar-refractivity contribution in [3.63, 3.8) is 0 Å². The van der Waals surface area contributed by atoms with Crippen LogP contribution in [0.25, 0.3) is 0 Å². The third-order valence-electron chi connectivity index (χ3n) is 2.90. The molecule has 2 unspecified atom stereocenters. The summed E-state index contributed by atoms with van der Waals surface area (Å²) in [5.41, 5.74) is 0.662. The smallest absolute Gasteiger partial charge is 0.117 e. The Morgan fingerprint density at radius 2 is 2.29 bits per heavy atom. The highest BCUT2D eigenvalue weighted by atomic mass is 32.1. The van der Waals surface area contributed by atoms with Crippen molar-refractivity contribution in [3.05, 3.63) is 21.9 Å². The predicted molar refractivity (Wildman–Crippen MR) is 59.7 cm³/mol. The van der Waals surface area contributed by atoms with Crippen molar-refractivity contribution in [2.45, 2.75) is 38.9 Å². The van der Waals surface area contributed by atoms with Crippen molar-refractivity contribution in [1.82, 2.24) is 0 Å². The van der Waals surface area contributed by atoms with Gasteiger partial charge in [-0.15, -0.1) is 11.3 Å². The Morgan fingerprint density at radius 1 is 1.64 bits per heavy atom. The number of ether oxygens (including phenoxy) is 1. The fourth-order valence-electron chi connectivity index (χ4n) is 1.39. The highest BCUT2D eigenvalue weighted by Crippen LogP contribution is 2.35. The van der Waals surface area contributed by atoms with Crippen molar-refractivity contribution in [3.8, 4) is 0 Å². The van der Waals surface area contributed by atoms with Gasteiger partial charge in [0.15, 0.2) is 0 Å². The van der Waals surface area contributed by atoms with Gasteiger partial charge in [-0.1, -0.05) is 6.92 Å². The minimum Gasteiger partial charge on any atom is -0.385 e. The molecule has 3 heteroatoms. The summed E-state index contributed by atoms with van der Waals surface area (Å²) < 4.78 is 5.38. The van der Waals surface area contributed by atoms with Crippen LogP contribution in [0, 0.1) is 6.92 Å². The van der Waals surface area contributed by atoms with Gasteiger partial charge in [0.25, 0.3) is 0 Å². The molecule has 0 saturated carbocycles. The fraction of sp³-hybridized carbons (Fsp3) is 0.636. The number of hydrogen-bond acceptors (Lipinski definition) is 3. The third kappa shape index (κ3) is 2.00. The van der Waals surface area contributed by atoms with Crippen LogP contribution in [0.1, 0.15) is 36.8 Å². The van der Waals surface area contributed by atoms with Crippen LogP contribution in [-0.2, 0) is 4.74 Å². The van der Waals surface area contributed by atoms with Gasteiger partial charge < -0.3 is 9.84 Å². The first-order valence-electron chi connectivity index (χ1n) is 4.82. The zero-order valence-electron chi connectivity index (χ0n) is 9.20.